The molecule has 0 saturated carbocycles. The number of hydrogen-bond acceptors (Lipinski definition) is 2. The highest BCUT2D eigenvalue weighted by Gasteiger charge is 1.94. The van der Waals surface area contributed by atoms with Crippen LogP contribution in [0.3, 0.4) is 0 Å². The van der Waals surface area contributed by atoms with E-state index >= 15 is 0 Å². The van der Waals surface area contributed by atoms with Crippen LogP contribution >= 0.6 is 0 Å². The van der Waals surface area contributed by atoms with Gasteiger partial charge in [-0.05, 0) is 12.0 Å². The molecule has 1 aromatic rings. The average Bonchev–Trinajstić information content (AvgIpc) is 2.05. The lowest BCUT2D eigenvalue weighted by molar-refractivity contribution is 0.310. The molecule has 1 aromatic carbocycles. The van der Waals surface area contributed by atoms with Crippen LogP contribution in [-0.4, -0.2) is 15.4 Å². The van der Waals surface area contributed by atoms with Crippen molar-refractivity contribution in [2.45, 2.75) is 6.42 Å². The molecular formula is C8H10O3S. The molecule has 0 aromatic heterocycles. The highest BCUT2D eigenvalue weighted by Crippen LogP contribution is 1.99. The maximum absolute atomic E-state index is 10.1. The normalized spacial score (nSPS) is 12.8. The number of hydrogen-bond donors (Lipinski definition) is 1. The fourth-order valence-corrected chi connectivity index (χ4v) is 1.10. The fraction of sp³-hybridized carbons (Fsp3) is 0.250. The van der Waals surface area contributed by atoms with Gasteiger partial charge in [0.15, 0.2) is 0 Å². The van der Waals surface area contributed by atoms with E-state index in [1.54, 1.807) is 0 Å². The monoisotopic (exact) mass is 186 g/mol. The van der Waals surface area contributed by atoms with E-state index in [9.17, 15) is 4.21 Å². The molecule has 3 nitrogen and oxygen atoms in total. The Morgan fingerprint density at radius 1 is 1.33 bits per heavy atom. The Bertz CT molecular complexity index is 248. The van der Waals surface area contributed by atoms with E-state index in [-0.39, 0.29) is 6.61 Å². The van der Waals surface area contributed by atoms with Gasteiger partial charge in [-0.2, -0.15) is 4.21 Å². The van der Waals surface area contributed by atoms with Crippen molar-refractivity contribution in [3.8, 4) is 0 Å². The SMILES string of the molecule is O=S(O)OCCc1ccccc1. The van der Waals surface area contributed by atoms with Gasteiger partial charge in [0, 0.05) is 0 Å². The second-order valence-corrected chi connectivity index (χ2v) is 2.94. The minimum atomic E-state index is -2.14. The largest absolute Gasteiger partial charge is 0.301 e. The average molecular weight is 186 g/mol. The zero-order valence-corrected chi connectivity index (χ0v) is 7.29. The van der Waals surface area contributed by atoms with Gasteiger partial charge in [0.05, 0.1) is 6.61 Å². The first-order valence-electron chi connectivity index (χ1n) is 3.57. The molecule has 1 atom stereocenters. The van der Waals surface area contributed by atoms with Crippen molar-refractivity contribution in [1.29, 1.82) is 0 Å². The van der Waals surface area contributed by atoms with Crippen molar-refractivity contribution < 1.29 is 12.9 Å². The van der Waals surface area contributed by atoms with Crippen LogP contribution in [0.2, 0.25) is 0 Å². The minimum absolute atomic E-state index is 0.271. The summed E-state index contributed by atoms with van der Waals surface area (Å²) in [5.41, 5.74) is 1.10. The zero-order valence-electron chi connectivity index (χ0n) is 6.47. The van der Waals surface area contributed by atoms with Gasteiger partial charge in [-0.15, -0.1) is 0 Å². The number of benzene rings is 1. The summed E-state index contributed by atoms with van der Waals surface area (Å²) in [7, 11) is 0. The van der Waals surface area contributed by atoms with Crippen LogP contribution in [0.5, 0.6) is 0 Å². The molecule has 0 saturated heterocycles. The lowest BCUT2D eigenvalue weighted by atomic mass is 10.2. The Kier molecular flexibility index (Phi) is 3.93. The van der Waals surface area contributed by atoms with Crippen molar-refractivity contribution in [1.82, 2.24) is 0 Å². The third-order valence-electron chi connectivity index (χ3n) is 1.42. The maximum atomic E-state index is 10.1. The van der Waals surface area contributed by atoms with Crippen LogP contribution in [0.15, 0.2) is 30.3 Å². The second kappa shape index (κ2) is 5.03. The van der Waals surface area contributed by atoms with Gasteiger partial charge in [-0.3, -0.25) is 8.74 Å². The highest BCUT2D eigenvalue weighted by molar-refractivity contribution is 7.74. The molecule has 0 fully saturated rings. The fourth-order valence-electron chi connectivity index (χ4n) is 0.875. The summed E-state index contributed by atoms with van der Waals surface area (Å²) in [4.78, 5) is 0. The Morgan fingerprint density at radius 2 is 2.00 bits per heavy atom. The summed E-state index contributed by atoms with van der Waals surface area (Å²) in [6.45, 7) is 0.271. The van der Waals surface area contributed by atoms with Crippen LogP contribution in [-0.2, 0) is 22.0 Å². The van der Waals surface area contributed by atoms with E-state index in [0.29, 0.717) is 6.42 Å². The van der Waals surface area contributed by atoms with Gasteiger partial charge >= 0.3 is 11.4 Å². The topological polar surface area (TPSA) is 46.5 Å². The molecule has 0 heterocycles. The van der Waals surface area contributed by atoms with E-state index in [1.807, 2.05) is 30.3 Å². The van der Waals surface area contributed by atoms with Crippen molar-refractivity contribution in [2.24, 2.45) is 0 Å². The van der Waals surface area contributed by atoms with Gasteiger partial charge in [0.1, 0.15) is 0 Å². The first-order chi connectivity index (χ1) is 5.79. The molecule has 0 radical (unpaired) electrons. The Morgan fingerprint density at radius 3 is 2.58 bits per heavy atom. The van der Waals surface area contributed by atoms with E-state index in [0.717, 1.165) is 5.56 Å². The van der Waals surface area contributed by atoms with Crippen molar-refractivity contribution in [3.05, 3.63) is 35.9 Å². The van der Waals surface area contributed by atoms with E-state index in [2.05, 4.69) is 4.18 Å². The first-order valence-corrected chi connectivity index (χ1v) is 4.60. The maximum Gasteiger partial charge on any atom is 0.301 e. The molecule has 1 N–H and O–H groups in total. The highest BCUT2D eigenvalue weighted by atomic mass is 32.2. The van der Waals surface area contributed by atoms with Crippen LogP contribution in [0, 0.1) is 0 Å². The molecule has 0 spiro atoms. The van der Waals surface area contributed by atoms with Gasteiger partial charge in [0.25, 0.3) is 0 Å². The van der Waals surface area contributed by atoms with Crippen LogP contribution in [0.4, 0.5) is 0 Å². The quantitative estimate of drug-likeness (QED) is 0.723. The summed E-state index contributed by atoms with van der Waals surface area (Å²) >= 11 is -2.14. The van der Waals surface area contributed by atoms with E-state index < -0.39 is 11.4 Å². The first kappa shape index (κ1) is 9.38. The lowest BCUT2D eigenvalue weighted by Gasteiger charge is -1.98. The predicted molar refractivity (Wildman–Crippen MR) is 46.9 cm³/mol. The van der Waals surface area contributed by atoms with Crippen LogP contribution in [0.25, 0.3) is 0 Å². The third kappa shape index (κ3) is 3.61. The summed E-state index contributed by atoms with van der Waals surface area (Å²) in [5.74, 6) is 0. The van der Waals surface area contributed by atoms with Crippen molar-refractivity contribution in [2.75, 3.05) is 6.61 Å². The molecule has 0 bridgehead atoms. The van der Waals surface area contributed by atoms with Gasteiger partial charge in [-0.25, -0.2) is 0 Å². The van der Waals surface area contributed by atoms with Gasteiger partial charge < -0.3 is 0 Å². The minimum Gasteiger partial charge on any atom is -0.284 e. The third-order valence-corrected chi connectivity index (χ3v) is 1.79. The standard InChI is InChI=1S/C8H10O3S/c9-12(10)11-7-6-8-4-2-1-3-5-8/h1-5H,6-7H2,(H,9,10). The smallest absolute Gasteiger partial charge is 0.284 e. The molecule has 0 aliphatic carbocycles. The van der Waals surface area contributed by atoms with Gasteiger partial charge in [0.2, 0.25) is 0 Å². The summed E-state index contributed by atoms with van der Waals surface area (Å²) in [6, 6.07) is 9.67. The molecule has 0 aliphatic heterocycles. The second-order valence-electron chi connectivity index (χ2n) is 2.27. The molecule has 66 valence electrons. The molecule has 4 heteroatoms. The predicted octanol–water partition coefficient (Wildman–Crippen LogP) is 1.38. The molecule has 0 amide bonds. The zero-order chi connectivity index (χ0) is 8.81. The van der Waals surface area contributed by atoms with E-state index in [1.165, 1.54) is 0 Å². The molecule has 1 unspecified atom stereocenters. The van der Waals surface area contributed by atoms with Crippen LogP contribution < -0.4 is 0 Å². The van der Waals surface area contributed by atoms with Crippen molar-refractivity contribution in [3.63, 3.8) is 0 Å². The molecule has 1 rings (SSSR count). The Labute approximate surface area is 73.9 Å². The molecular weight excluding hydrogens is 176 g/mol. The summed E-state index contributed by atoms with van der Waals surface area (Å²) in [6.07, 6.45) is 0.660. The molecule has 0 aliphatic rings. The molecule has 12 heavy (non-hydrogen) atoms. The Hall–Kier alpha value is -0.710. The number of rotatable bonds is 4. The summed E-state index contributed by atoms with van der Waals surface area (Å²) < 4.78 is 22.8. The van der Waals surface area contributed by atoms with E-state index in [4.69, 9.17) is 4.55 Å². The van der Waals surface area contributed by atoms with Gasteiger partial charge in [-0.1, -0.05) is 30.3 Å². The summed E-state index contributed by atoms with van der Waals surface area (Å²) in [5, 5.41) is 0. The lowest BCUT2D eigenvalue weighted by Crippen LogP contribution is -2.00. The Balaban J connectivity index is 2.29. The van der Waals surface area contributed by atoms with Crippen molar-refractivity contribution >= 4 is 11.4 Å². The van der Waals surface area contributed by atoms with Crippen LogP contribution in [0.1, 0.15) is 5.56 Å².